The molecule has 0 aliphatic carbocycles. The predicted octanol–water partition coefficient (Wildman–Crippen LogP) is 1.23. The van der Waals surface area contributed by atoms with Gasteiger partial charge in [-0.1, -0.05) is 18.2 Å². The fourth-order valence-corrected chi connectivity index (χ4v) is 2.17. The van der Waals surface area contributed by atoms with Crippen LogP contribution in [0, 0.1) is 0 Å². The average Bonchev–Trinajstić information content (AvgIpc) is 2.51. The number of nitrogens with one attached hydrogen (secondary N) is 1. The standard InChI is InChI=1S/C16H19NO5/c18-14-7-10-21-15(19)8-11-22-16(20)13-6-2-1-4-12(13)5-3-9-17-14/h1-2,4,6H,3,5,7-11H2,(H,17,18). The molecular formula is C16H19NO5. The van der Waals surface area contributed by atoms with Gasteiger partial charge in [0.25, 0.3) is 0 Å². The van der Waals surface area contributed by atoms with Crippen LogP contribution in [0.1, 0.15) is 35.2 Å². The SMILES string of the molecule is O=C1CCOC(=O)CCOC(=O)c2ccccc2CCCN1. The molecule has 1 aromatic rings. The second-order valence-corrected chi connectivity index (χ2v) is 4.97. The quantitative estimate of drug-likeness (QED) is 0.729. The van der Waals surface area contributed by atoms with Crippen LogP contribution in [0.5, 0.6) is 0 Å². The Hall–Kier alpha value is -2.37. The van der Waals surface area contributed by atoms with E-state index in [4.69, 9.17) is 9.47 Å². The number of aryl methyl sites for hydroxylation is 1. The first-order chi connectivity index (χ1) is 10.7. The van der Waals surface area contributed by atoms with Gasteiger partial charge in [0.2, 0.25) is 5.91 Å². The van der Waals surface area contributed by atoms with Crippen LogP contribution in [-0.4, -0.2) is 37.6 Å². The van der Waals surface area contributed by atoms with Gasteiger partial charge in [0, 0.05) is 6.54 Å². The van der Waals surface area contributed by atoms with Crippen molar-refractivity contribution in [2.45, 2.75) is 25.7 Å². The summed E-state index contributed by atoms with van der Waals surface area (Å²) >= 11 is 0. The van der Waals surface area contributed by atoms with E-state index in [9.17, 15) is 14.4 Å². The zero-order chi connectivity index (χ0) is 15.8. The van der Waals surface area contributed by atoms with Crippen LogP contribution in [0.25, 0.3) is 0 Å². The van der Waals surface area contributed by atoms with Crippen LogP contribution in [0.15, 0.2) is 24.3 Å². The summed E-state index contributed by atoms with van der Waals surface area (Å²) in [5.74, 6) is -1.07. The molecule has 0 bridgehead atoms. The molecule has 0 unspecified atom stereocenters. The van der Waals surface area contributed by atoms with Crippen molar-refractivity contribution in [3.05, 3.63) is 35.4 Å². The van der Waals surface area contributed by atoms with Crippen molar-refractivity contribution in [1.82, 2.24) is 5.32 Å². The van der Waals surface area contributed by atoms with Crippen molar-refractivity contribution < 1.29 is 23.9 Å². The maximum Gasteiger partial charge on any atom is 0.338 e. The molecule has 1 N–H and O–H groups in total. The largest absolute Gasteiger partial charge is 0.465 e. The second-order valence-electron chi connectivity index (χ2n) is 4.97. The predicted molar refractivity (Wildman–Crippen MR) is 78.2 cm³/mol. The van der Waals surface area contributed by atoms with E-state index in [2.05, 4.69) is 5.32 Å². The fraction of sp³-hybridized carbons (Fsp3) is 0.438. The smallest absolute Gasteiger partial charge is 0.338 e. The summed E-state index contributed by atoms with van der Waals surface area (Å²) in [5, 5.41) is 2.76. The maximum atomic E-state index is 12.1. The summed E-state index contributed by atoms with van der Waals surface area (Å²) in [6.07, 6.45) is 1.51. The molecule has 0 saturated heterocycles. The number of hydrogen-bond donors (Lipinski definition) is 1. The molecule has 6 nitrogen and oxygen atoms in total. The molecule has 1 aliphatic rings. The monoisotopic (exact) mass is 305 g/mol. The molecule has 2 rings (SSSR count). The van der Waals surface area contributed by atoms with Crippen molar-refractivity contribution in [3.8, 4) is 0 Å². The molecule has 1 heterocycles. The normalized spacial score (nSPS) is 18.1. The summed E-state index contributed by atoms with van der Waals surface area (Å²) in [6, 6.07) is 7.19. The van der Waals surface area contributed by atoms with E-state index in [1.54, 1.807) is 12.1 Å². The molecule has 0 radical (unpaired) electrons. The van der Waals surface area contributed by atoms with Gasteiger partial charge in [-0.15, -0.1) is 0 Å². The van der Waals surface area contributed by atoms with Crippen molar-refractivity contribution in [2.24, 2.45) is 0 Å². The highest BCUT2D eigenvalue weighted by atomic mass is 16.5. The number of esters is 2. The Labute approximate surface area is 128 Å². The van der Waals surface area contributed by atoms with Crippen LogP contribution in [-0.2, 0) is 25.5 Å². The molecule has 6 heteroatoms. The minimum absolute atomic E-state index is 0.0183. The molecule has 1 aromatic carbocycles. The number of benzene rings is 1. The Bertz CT molecular complexity index is 555. The first kappa shape index (κ1) is 16.0. The lowest BCUT2D eigenvalue weighted by Gasteiger charge is -2.09. The Morgan fingerprint density at radius 3 is 2.55 bits per heavy atom. The van der Waals surface area contributed by atoms with Gasteiger partial charge in [-0.2, -0.15) is 0 Å². The van der Waals surface area contributed by atoms with Crippen molar-refractivity contribution in [3.63, 3.8) is 0 Å². The first-order valence-corrected chi connectivity index (χ1v) is 7.34. The number of cyclic esters (lactones) is 2. The number of hydrogen-bond acceptors (Lipinski definition) is 5. The van der Waals surface area contributed by atoms with E-state index >= 15 is 0 Å². The molecule has 0 fully saturated rings. The van der Waals surface area contributed by atoms with Crippen LogP contribution in [0.3, 0.4) is 0 Å². The molecule has 0 atom stereocenters. The molecule has 0 aromatic heterocycles. The summed E-state index contributed by atoms with van der Waals surface area (Å²) < 4.78 is 10.0. The number of carbonyl (C=O) groups is 3. The highest BCUT2D eigenvalue weighted by molar-refractivity contribution is 5.91. The molecular weight excluding hydrogens is 286 g/mol. The number of ether oxygens (including phenoxy) is 2. The number of fused-ring (bicyclic) bond motifs is 1. The van der Waals surface area contributed by atoms with E-state index in [1.807, 2.05) is 12.1 Å². The van der Waals surface area contributed by atoms with E-state index in [0.29, 0.717) is 18.5 Å². The van der Waals surface area contributed by atoms with E-state index in [0.717, 1.165) is 12.0 Å². The molecule has 118 valence electrons. The van der Waals surface area contributed by atoms with Crippen LogP contribution >= 0.6 is 0 Å². The summed E-state index contributed by atoms with van der Waals surface area (Å²) in [5.41, 5.74) is 1.37. The first-order valence-electron chi connectivity index (χ1n) is 7.34. The van der Waals surface area contributed by atoms with Gasteiger partial charge in [0.1, 0.15) is 13.2 Å². The lowest BCUT2D eigenvalue weighted by molar-refractivity contribution is -0.145. The van der Waals surface area contributed by atoms with Gasteiger partial charge in [0.05, 0.1) is 18.4 Å². The Morgan fingerprint density at radius 1 is 0.909 bits per heavy atom. The Balaban J connectivity index is 2.06. The summed E-state index contributed by atoms with van der Waals surface area (Å²) in [6.45, 7) is 0.521. The second kappa shape index (κ2) is 8.17. The Kier molecular flexibility index (Phi) is 5.94. The van der Waals surface area contributed by atoms with Gasteiger partial charge in [-0.05, 0) is 24.5 Å². The third kappa shape index (κ3) is 4.87. The van der Waals surface area contributed by atoms with E-state index in [-0.39, 0.29) is 32.0 Å². The van der Waals surface area contributed by atoms with Crippen LogP contribution in [0.4, 0.5) is 0 Å². The van der Waals surface area contributed by atoms with Gasteiger partial charge < -0.3 is 14.8 Å². The highest BCUT2D eigenvalue weighted by Gasteiger charge is 2.14. The van der Waals surface area contributed by atoms with Crippen LogP contribution < -0.4 is 5.32 Å². The van der Waals surface area contributed by atoms with Gasteiger partial charge in [-0.25, -0.2) is 4.79 Å². The van der Waals surface area contributed by atoms with Crippen LogP contribution in [0.2, 0.25) is 0 Å². The average molecular weight is 305 g/mol. The molecule has 0 saturated carbocycles. The lowest BCUT2D eigenvalue weighted by atomic mass is 10.0. The third-order valence-corrected chi connectivity index (χ3v) is 3.31. The third-order valence-electron chi connectivity index (χ3n) is 3.31. The van der Waals surface area contributed by atoms with E-state index < -0.39 is 11.9 Å². The summed E-state index contributed by atoms with van der Waals surface area (Å²) in [4.78, 5) is 35.0. The summed E-state index contributed by atoms with van der Waals surface area (Å²) in [7, 11) is 0. The van der Waals surface area contributed by atoms with Crippen molar-refractivity contribution in [1.29, 1.82) is 0 Å². The minimum atomic E-state index is -0.483. The zero-order valence-corrected chi connectivity index (χ0v) is 12.3. The van der Waals surface area contributed by atoms with Gasteiger partial charge in [-0.3, -0.25) is 9.59 Å². The maximum absolute atomic E-state index is 12.1. The number of amides is 1. The topological polar surface area (TPSA) is 81.7 Å². The fourth-order valence-electron chi connectivity index (χ4n) is 2.17. The molecule has 22 heavy (non-hydrogen) atoms. The van der Waals surface area contributed by atoms with Gasteiger partial charge >= 0.3 is 11.9 Å². The molecule has 0 spiro atoms. The highest BCUT2D eigenvalue weighted by Crippen LogP contribution is 2.13. The number of carbonyl (C=O) groups excluding carboxylic acids is 3. The Morgan fingerprint density at radius 2 is 1.68 bits per heavy atom. The number of rotatable bonds is 0. The zero-order valence-electron chi connectivity index (χ0n) is 12.3. The van der Waals surface area contributed by atoms with Gasteiger partial charge in [0.15, 0.2) is 0 Å². The van der Waals surface area contributed by atoms with Crippen molar-refractivity contribution in [2.75, 3.05) is 19.8 Å². The minimum Gasteiger partial charge on any atom is -0.465 e. The van der Waals surface area contributed by atoms with Crippen molar-refractivity contribution >= 4 is 17.8 Å². The van der Waals surface area contributed by atoms with E-state index in [1.165, 1.54) is 0 Å². The molecule has 1 aliphatic heterocycles. The lowest BCUT2D eigenvalue weighted by Crippen LogP contribution is -2.26. The molecule has 1 amide bonds.